The van der Waals surface area contributed by atoms with E-state index in [0.717, 1.165) is 50.0 Å². The number of esters is 1. The van der Waals surface area contributed by atoms with Crippen LogP contribution in [0.1, 0.15) is 12.5 Å². The van der Waals surface area contributed by atoms with Crippen molar-refractivity contribution in [1.29, 1.82) is 0 Å². The van der Waals surface area contributed by atoms with Gasteiger partial charge in [-0.25, -0.2) is 4.98 Å². The van der Waals surface area contributed by atoms with Crippen LogP contribution in [0.3, 0.4) is 0 Å². The number of hydrogen-bond donors (Lipinski definition) is 1. The number of para-hydroxylation sites is 1. The number of nitrogens with one attached hydrogen (secondary N) is 1. The van der Waals surface area contributed by atoms with Crippen molar-refractivity contribution in [2.45, 2.75) is 20.4 Å². The van der Waals surface area contributed by atoms with Crippen molar-refractivity contribution in [3.8, 4) is 11.3 Å². The maximum Gasteiger partial charge on any atom is 0.327 e. The van der Waals surface area contributed by atoms with Crippen molar-refractivity contribution >= 4 is 39.1 Å². The molecule has 0 bridgehead atoms. The lowest BCUT2D eigenvalue weighted by atomic mass is 9.98. The monoisotopic (exact) mass is 437 g/mol. The molecule has 0 spiro atoms. The molecule has 0 saturated carbocycles. The fourth-order valence-electron chi connectivity index (χ4n) is 4.02. The van der Waals surface area contributed by atoms with Crippen LogP contribution in [0.25, 0.3) is 32.9 Å². The van der Waals surface area contributed by atoms with Crippen molar-refractivity contribution in [2.24, 2.45) is 0 Å². The zero-order valence-electron chi connectivity index (χ0n) is 18.4. The topological polar surface area (TPSA) is 81.9 Å². The Labute approximate surface area is 191 Å². The summed E-state index contributed by atoms with van der Waals surface area (Å²) in [4.78, 5) is 21.2. The first-order chi connectivity index (χ1) is 16.1. The highest BCUT2D eigenvalue weighted by molar-refractivity contribution is 5.99. The van der Waals surface area contributed by atoms with Gasteiger partial charge in [-0.2, -0.15) is 5.10 Å². The van der Waals surface area contributed by atoms with Gasteiger partial charge < -0.3 is 10.1 Å². The van der Waals surface area contributed by atoms with Crippen LogP contribution in [-0.2, 0) is 16.1 Å². The average molecular weight is 438 g/mol. The van der Waals surface area contributed by atoms with Crippen LogP contribution >= 0.6 is 0 Å². The SMILES string of the molecule is CCOC(=O)Cn1ncc2c(C)c(-c3nccc4cnc(Nc5ccccc5)cc34)ccc21. The second kappa shape index (κ2) is 8.70. The first kappa shape index (κ1) is 20.6. The number of carbonyl (C=O) groups is 1. The molecule has 0 unspecified atom stereocenters. The molecule has 7 nitrogen and oxygen atoms in total. The zero-order chi connectivity index (χ0) is 22.8. The molecule has 33 heavy (non-hydrogen) atoms. The van der Waals surface area contributed by atoms with E-state index in [1.54, 1.807) is 24.0 Å². The van der Waals surface area contributed by atoms with Crippen molar-refractivity contribution in [1.82, 2.24) is 19.7 Å². The number of pyridine rings is 2. The number of aromatic nitrogens is 4. The molecule has 5 aromatic rings. The van der Waals surface area contributed by atoms with Crippen LogP contribution in [-0.4, -0.2) is 32.3 Å². The highest BCUT2D eigenvalue weighted by Gasteiger charge is 2.15. The zero-order valence-corrected chi connectivity index (χ0v) is 18.4. The smallest absolute Gasteiger partial charge is 0.327 e. The molecule has 0 atom stereocenters. The summed E-state index contributed by atoms with van der Waals surface area (Å²) in [6.45, 7) is 4.29. The second-order valence-corrected chi connectivity index (χ2v) is 7.72. The predicted octanol–water partition coefficient (Wildman–Crippen LogP) is 5.26. The number of carbonyl (C=O) groups excluding carboxylic acids is 1. The molecule has 3 heterocycles. The van der Waals surface area contributed by atoms with Crippen molar-refractivity contribution in [3.63, 3.8) is 0 Å². The van der Waals surface area contributed by atoms with Gasteiger partial charge in [0.25, 0.3) is 0 Å². The molecule has 2 aromatic carbocycles. The molecular weight excluding hydrogens is 414 g/mol. The minimum atomic E-state index is -0.300. The number of benzene rings is 2. The first-order valence-corrected chi connectivity index (χ1v) is 10.8. The van der Waals surface area contributed by atoms with E-state index >= 15 is 0 Å². The van der Waals surface area contributed by atoms with Gasteiger partial charge in [-0.3, -0.25) is 14.5 Å². The van der Waals surface area contributed by atoms with E-state index in [9.17, 15) is 4.79 Å². The summed E-state index contributed by atoms with van der Waals surface area (Å²) >= 11 is 0. The Bertz CT molecular complexity index is 1460. The predicted molar refractivity (Wildman–Crippen MR) is 129 cm³/mol. The Morgan fingerprint density at radius 2 is 1.88 bits per heavy atom. The highest BCUT2D eigenvalue weighted by atomic mass is 16.5. The van der Waals surface area contributed by atoms with Gasteiger partial charge in [-0.1, -0.05) is 24.3 Å². The van der Waals surface area contributed by atoms with Gasteiger partial charge in [0, 0.05) is 39.8 Å². The molecule has 5 rings (SSSR count). The molecule has 0 aliphatic heterocycles. The molecule has 0 aliphatic carbocycles. The summed E-state index contributed by atoms with van der Waals surface area (Å²) in [6, 6.07) is 18.0. The molecule has 0 fully saturated rings. The summed E-state index contributed by atoms with van der Waals surface area (Å²) in [6.07, 6.45) is 5.46. The summed E-state index contributed by atoms with van der Waals surface area (Å²) in [7, 11) is 0. The van der Waals surface area contributed by atoms with Crippen LogP contribution in [0.15, 0.2) is 73.2 Å². The van der Waals surface area contributed by atoms with Gasteiger partial charge in [0.15, 0.2) is 0 Å². The number of fused-ring (bicyclic) bond motifs is 2. The Morgan fingerprint density at radius 3 is 2.70 bits per heavy atom. The Hall–Kier alpha value is -4.26. The number of rotatable bonds is 6. The molecule has 0 radical (unpaired) electrons. The number of anilines is 2. The number of ether oxygens (including phenoxy) is 1. The lowest BCUT2D eigenvalue weighted by Gasteiger charge is -2.12. The fourth-order valence-corrected chi connectivity index (χ4v) is 4.02. The van der Waals surface area contributed by atoms with Crippen LogP contribution in [0.2, 0.25) is 0 Å². The van der Waals surface area contributed by atoms with Crippen LogP contribution < -0.4 is 5.32 Å². The van der Waals surface area contributed by atoms with Crippen molar-refractivity contribution in [3.05, 3.63) is 78.8 Å². The second-order valence-electron chi connectivity index (χ2n) is 7.72. The van der Waals surface area contributed by atoms with E-state index in [1.165, 1.54) is 0 Å². The average Bonchev–Trinajstić information content (AvgIpc) is 3.23. The van der Waals surface area contributed by atoms with E-state index in [-0.39, 0.29) is 12.5 Å². The van der Waals surface area contributed by atoms with Gasteiger partial charge in [-0.05, 0) is 49.7 Å². The van der Waals surface area contributed by atoms with Crippen molar-refractivity contribution < 1.29 is 9.53 Å². The first-order valence-electron chi connectivity index (χ1n) is 10.8. The summed E-state index contributed by atoms with van der Waals surface area (Å²) in [5, 5.41) is 10.8. The normalized spacial score (nSPS) is 11.1. The number of aryl methyl sites for hydroxylation is 1. The van der Waals surface area contributed by atoms with Gasteiger partial charge in [0.1, 0.15) is 12.4 Å². The van der Waals surface area contributed by atoms with E-state index in [2.05, 4.69) is 22.3 Å². The van der Waals surface area contributed by atoms with Gasteiger partial charge in [0.2, 0.25) is 0 Å². The number of nitrogens with zero attached hydrogens (tertiary/aromatic N) is 4. The minimum absolute atomic E-state index is 0.0861. The quantitative estimate of drug-likeness (QED) is 0.365. The van der Waals surface area contributed by atoms with Gasteiger partial charge in [-0.15, -0.1) is 0 Å². The third-order valence-electron chi connectivity index (χ3n) is 5.63. The largest absolute Gasteiger partial charge is 0.465 e. The van der Waals surface area contributed by atoms with Crippen LogP contribution in [0.5, 0.6) is 0 Å². The minimum Gasteiger partial charge on any atom is -0.465 e. The standard InChI is InChI=1S/C26H23N5O2/c1-3-33-25(32)16-31-23-10-9-20(17(2)22(23)15-29-31)26-21-13-24(28-14-18(21)11-12-27-26)30-19-7-5-4-6-8-19/h4-15H,3,16H2,1-2H3,(H,28,30). The molecule has 0 aliphatic rings. The van der Waals surface area contributed by atoms with Gasteiger partial charge >= 0.3 is 5.97 Å². The van der Waals surface area contributed by atoms with Crippen LogP contribution in [0.4, 0.5) is 11.5 Å². The lowest BCUT2D eigenvalue weighted by Crippen LogP contribution is -2.14. The molecule has 7 heteroatoms. The molecule has 164 valence electrons. The number of hydrogen-bond acceptors (Lipinski definition) is 6. The molecular formula is C26H23N5O2. The van der Waals surface area contributed by atoms with Crippen LogP contribution in [0, 0.1) is 6.92 Å². The molecule has 0 amide bonds. The van der Waals surface area contributed by atoms with Crippen molar-refractivity contribution in [2.75, 3.05) is 11.9 Å². The summed E-state index contributed by atoms with van der Waals surface area (Å²) in [5.41, 5.74) is 4.81. The Kier molecular flexibility index (Phi) is 5.44. The van der Waals surface area contributed by atoms with E-state index in [0.29, 0.717) is 6.61 Å². The fraction of sp³-hybridized carbons (Fsp3) is 0.154. The maximum atomic E-state index is 11.9. The van der Waals surface area contributed by atoms with E-state index in [1.807, 2.05) is 60.8 Å². The highest BCUT2D eigenvalue weighted by Crippen LogP contribution is 2.33. The molecule has 1 N–H and O–H groups in total. The third-order valence-corrected chi connectivity index (χ3v) is 5.63. The van der Waals surface area contributed by atoms with E-state index < -0.39 is 0 Å². The molecule has 3 aromatic heterocycles. The third kappa shape index (κ3) is 4.01. The maximum absolute atomic E-state index is 11.9. The molecule has 0 saturated heterocycles. The van der Waals surface area contributed by atoms with E-state index in [4.69, 9.17) is 9.72 Å². The van der Waals surface area contributed by atoms with Gasteiger partial charge in [0.05, 0.1) is 24.0 Å². The Morgan fingerprint density at radius 1 is 1.03 bits per heavy atom. The Balaban J connectivity index is 1.56. The lowest BCUT2D eigenvalue weighted by molar-refractivity contribution is -0.143. The summed E-state index contributed by atoms with van der Waals surface area (Å²) in [5.74, 6) is 0.454. The summed E-state index contributed by atoms with van der Waals surface area (Å²) < 4.78 is 6.74.